The first-order chi connectivity index (χ1) is 12.2. The van der Waals surface area contributed by atoms with Crippen LogP contribution in [-0.2, 0) is 4.79 Å². The maximum atomic E-state index is 12.7. The minimum atomic E-state index is -0.440. The van der Waals surface area contributed by atoms with E-state index < -0.39 is 6.04 Å². The van der Waals surface area contributed by atoms with Gasteiger partial charge in [0.2, 0.25) is 5.91 Å². The summed E-state index contributed by atoms with van der Waals surface area (Å²) in [6.07, 6.45) is 9.02. The number of hydrogen-bond donors (Lipinski definition) is 2. The van der Waals surface area contributed by atoms with Crippen LogP contribution in [0.25, 0.3) is 0 Å². The van der Waals surface area contributed by atoms with Gasteiger partial charge >= 0.3 is 6.03 Å². The summed E-state index contributed by atoms with van der Waals surface area (Å²) in [4.78, 5) is 31.0. The number of carbonyl (C=O) groups excluding carboxylic acids is 2. The molecule has 0 spiro atoms. The summed E-state index contributed by atoms with van der Waals surface area (Å²) in [5.74, 6) is 3.04. The number of piperidine rings is 1. The molecule has 0 unspecified atom stereocenters. The average molecular weight is 340 g/mol. The fourth-order valence-electron chi connectivity index (χ4n) is 5.65. The Morgan fingerprint density at radius 2 is 1.96 bits per heavy atom. The van der Waals surface area contributed by atoms with Crippen molar-refractivity contribution < 1.29 is 9.59 Å². The SMILES string of the molecule is O=C(NC1[C@@H]2[C@H]3CC[C@@H](C3)[C@@H]12)N[C@@H]1CCCN(c2cccnc2)C1=O. The van der Waals surface area contributed by atoms with E-state index in [0.29, 0.717) is 30.8 Å². The first-order valence-electron chi connectivity index (χ1n) is 9.51. The molecular formula is C19H24N4O2. The zero-order chi connectivity index (χ0) is 17.0. The Labute approximate surface area is 147 Å². The zero-order valence-electron chi connectivity index (χ0n) is 14.2. The maximum absolute atomic E-state index is 12.7. The molecule has 5 rings (SSSR count). The van der Waals surface area contributed by atoms with Gasteiger partial charge in [-0.3, -0.25) is 9.78 Å². The highest BCUT2D eigenvalue weighted by molar-refractivity contribution is 5.99. The molecule has 3 amide bonds. The summed E-state index contributed by atoms with van der Waals surface area (Å²) in [6.45, 7) is 0.681. The molecule has 6 heteroatoms. The van der Waals surface area contributed by atoms with Gasteiger partial charge < -0.3 is 15.5 Å². The lowest BCUT2D eigenvalue weighted by Gasteiger charge is -2.32. The number of urea groups is 1. The quantitative estimate of drug-likeness (QED) is 0.883. The number of pyridine rings is 1. The number of carbonyl (C=O) groups is 2. The van der Waals surface area contributed by atoms with Crippen molar-refractivity contribution in [3.8, 4) is 0 Å². The van der Waals surface area contributed by atoms with E-state index in [0.717, 1.165) is 23.9 Å². The minimum Gasteiger partial charge on any atom is -0.335 e. The molecule has 3 aliphatic carbocycles. The lowest BCUT2D eigenvalue weighted by molar-refractivity contribution is -0.121. The number of amides is 3. The highest BCUT2D eigenvalue weighted by Crippen LogP contribution is 2.65. The molecule has 132 valence electrons. The molecule has 1 aliphatic heterocycles. The molecule has 4 fully saturated rings. The molecule has 1 aromatic heterocycles. The molecule has 2 N–H and O–H groups in total. The first kappa shape index (κ1) is 15.2. The van der Waals surface area contributed by atoms with Crippen molar-refractivity contribution in [3.63, 3.8) is 0 Å². The van der Waals surface area contributed by atoms with E-state index in [4.69, 9.17) is 0 Å². The number of hydrogen-bond acceptors (Lipinski definition) is 3. The molecule has 25 heavy (non-hydrogen) atoms. The van der Waals surface area contributed by atoms with E-state index in [2.05, 4.69) is 15.6 Å². The van der Waals surface area contributed by atoms with E-state index in [-0.39, 0.29) is 11.9 Å². The Kier molecular flexibility index (Phi) is 3.47. The maximum Gasteiger partial charge on any atom is 0.315 e. The topological polar surface area (TPSA) is 74.3 Å². The molecule has 2 heterocycles. The second kappa shape index (κ2) is 5.71. The molecule has 1 aromatic rings. The molecule has 0 aromatic carbocycles. The second-order valence-electron chi connectivity index (χ2n) is 8.03. The van der Waals surface area contributed by atoms with E-state index >= 15 is 0 Å². The largest absolute Gasteiger partial charge is 0.335 e. The van der Waals surface area contributed by atoms with Gasteiger partial charge in [0.1, 0.15) is 6.04 Å². The number of nitrogens with zero attached hydrogens (tertiary/aromatic N) is 2. The van der Waals surface area contributed by atoms with Crippen LogP contribution < -0.4 is 15.5 Å². The standard InChI is InChI=1S/C19H24N4O2/c24-18-14(4-2-8-23(18)13-3-1-7-20-10-13)21-19(25)22-17-15-11-5-6-12(9-11)16(15)17/h1,3,7,10-12,14-17H,2,4-6,8-9H2,(H2,21,22,25)/t11-,12-,14+,15+,16+/m0/s1. The minimum absolute atomic E-state index is 0.0366. The molecule has 3 saturated carbocycles. The Morgan fingerprint density at radius 1 is 1.16 bits per heavy atom. The van der Waals surface area contributed by atoms with E-state index in [1.165, 1.54) is 19.3 Å². The first-order valence-corrected chi connectivity index (χ1v) is 9.51. The number of rotatable bonds is 3. The predicted molar refractivity (Wildman–Crippen MR) is 92.9 cm³/mol. The summed E-state index contributed by atoms with van der Waals surface area (Å²) in [5, 5.41) is 6.06. The van der Waals surface area contributed by atoms with Crippen LogP contribution in [0.5, 0.6) is 0 Å². The second-order valence-corrected chi connectivity index (χ2v) is 8.03. The third kappa shape index (κ3) is 2.50. The summed E-state index contributed by atoms with van der Waals surface area (Å²) < 4.78 is 0. The van der Waals surface area contributed by atoms with E-state index in [9.17, 15) is 9.59 Å². The molecule has 4 aliphatic rings. The molecule has 1 saturated heterocycles. The van der Waals surface area contributed by atoms with Gasteiger partial charge in [0.05, 0.1) is 11.9 Å². The highest BCUT2D eigenvalue weighted by Gasteiger charge is 2.65. The normalized spacial score (nSPS) is 38.4. The van der Waals surface area contributed by atoms with Gasteiger partial charge in [-0.15, -0.1) is 0 Å². The lowest BCUT2D eigenvalue weighted by atomic mass is 10.0. The van der Waals surface area contributed by atoms with E-state index in [1.54, 1.807) is 17.3 Å². The molecular weight excluding hydrogens is 316 g/mol. The summed E-state index contributed by atoms with van der Waals surface area (Å²) >= 11 is 0. The van der Waals surface area contributed by atoms with Crippen molar-refractivity contribution in [2.45, 2.75) is 44.2 Å². The highest BCUT2D eigenvalue weighted by atomic mass is 16.2. The van der Waals surface area contributed by atoms with Crippen molar-refractivity contribution in [2.75, 3.05) is 11.4 Å². The number of anilines is 1. The molecule has 6 nitrogen and oxygen atoms in total. The van der Waals surface area contributed by atoms with Crippen LogP contribution in [0.4, 0.5) is 10.5 Å². The van der Waals surface area contributed by atoms with E-state index in [1.807, 2.05) is 12.1 Å². The predicted octanol–water partition coefficient (Wildman–Crippen LogP) is 1.92. The van der Waals surface area contributed by atoms with Crippen molar-refractivity contribution >= 4 is 17.6 Å². The van der Waals surface area contributed by atoms with Crippen molar-refractivity contribution in [1.29, 1.82) is 0 Å². The Morgan fingerprint density at radius 3 is 2.68 bits per heavy atom. The number of nitrogens with one attached hydrogen (secondary N) is 2. The van der Waals surface area contributed by atoms with Gasteiger partial charge in [0.15, 0.2) is 0 Å². The lowest BCUT2D eigenvalue weighted by Crippen LogP contribution is -2.55. The van der Waals surface area contributed by atoms with Gasteiger partial charge in [0.25, 0.3) is 0 Å². The van der Waals surface area contributed by atoms with Crippen LogP contribution in [0.3, 0.4) is 0 Å². The van der Waals surface area contributed by atoms with Crippen LogP contribution in [0.1, 0.15) is 32.1 Å². The van der Waals surface area contributed by atoms with Gasteiger partial charge in [-0.1, -0.05) is 0 Å². The summed E-state index contributed by atoms with van der Waals surface area (Å²) in [7, 11) is 0. The van der Waals surface area contributed by atoms with Crippen molar-refractivity contribution in [2.24, 2.45) is 23.7 Å². The third-order valence-corrected chi connectivity index (χ3v) is 6.73. The Balaban J connectivity index is 1.19. The van der Waals surface area contributed by atoms with Gasteiger partial charge in [0, 0.05) is 18.8 Å². The third-order valence-electron chi connectivity index (χ3n) is 6.73. The van der Waals surface area contributed by atoms with Crippen molar-refractivity contribution in [3.05, 3.63) is 24.5 Å². The Hall–Kier alpha value is -2.11. The summed E-state index contributed by atoms with van der Waals surface area (Å²) in [5.41, 5.74) is 0.799. The Bertz CT molecular complexity index is 678. The van der Waals surface area contributed by atoms with Crippen LogP contribution in [0, 0.1) is 23.7 Å². The van der Waals surface area contributed by atoms with Crippen LogP contribution in [-0.4, -0.2) is 35.6 Å². The summed E-state index contributed by atoms with van der Waals surface area (Å²) in [6, 6.07) is 3.44. The molecule has 2 bridgehead atoms. The average Bonchev–Trinajstić information content (AvgIpc) is 3.01. The van der Waals surface area contributed by atoms with Crippen LogP contribution in [0.2, 0.25) is 0 Å². The van der Waals surface area contributed by atoms with Gasteiger partial charge in [-0.2, -0.15) is 0 Å². The fraction of sp³-hybridized carbons (Fsp3) is 0.632. The van der Waals surface area contributed by atoms with Crippen molar-refractivity contribution in [1.82, 2.24) is 15.6 Å². The molecule has 0 radical (unpaired) electrons. The number of aromatic nitrogens is 1. The van der Waals surface area contributed by atoms with Crippen LogP contribution >= 0.6 is 0 Å². The van der Waals surface area contributed by atoms with Crippen LogP contribution in [0.15, 0.2) is 24.5 Å². The fourth-order valence-corrected chi connectivity index (χ4v) is 5.65. The smallest absolute Gasteiger partial charge is 0.315 e. The van der Waals surface area contributed by atoms with Gasteiger partial charge in [-0.05, 0) is 67.9 Å². The zero-order valence-corrected chi connectivity index (χ0v) is 14.2. The number of fused-ring (bicyclic) bond motifs is 5. The molecule has 5 atom stereocenters. The monoisotopic (exact) mass is 340 g/mol. The van der Waals surface area contributed by atoms with Gasteiger partial charge in [-0.25, -0.2) is 4.79 Å².